The Morgan fingerprint density at radius 1 is 1.43 bits per heavy atom. The van der Waals surface area contributed by atoms with Crippen molar-refractivity contribution in [1.29, 1.82) is 0 Å². The molecule has 0 aliphatic carbocycles. The van der Waals surface area contributed by atoms with Crippen LogP contribution in [0.25, 0.3) is 0 Å². The van der Waals surface area contributed by atoms with E-state index in [-0.39, 0.29) is 0 Å². The molecule has 0 radical (unpaired) electrons. The van der Waals surface area contributed by atoms with Gasteiger partial charge in [-0.15, -0.1) is 0 Å². The number of allylic oxidation sites excluding steroid dienone is 2. The largest absolute Gasteiger partial charge is 0.481 e. The van der Waals surface area contributed by atoms with Gasteiger partial charge < -0.3 is 10.1 Å². The third-order valence-electron chi connectivity index (χ3n) is 0.667. The zero-order valence-electron chi connectivity index (χ0n) is 3.92. The van der Waals surface area contributed by atoms with Crippen molar-refractivity contribution in [3.8, 4) is 0 Å². The number of nitrogens with one attached hydrogen (secondary N) is 1. The average Bonchev–Trinajstić information content (AvgIpc) is 1.90. The summed E-state index contributed by atoms with van der Waals surface area (Å²) < 4.78 is 4.84. The first-order chi connectivity index (χ1) is 3.50. The lowest BCUT2D eigenvalue weighted by Gasteiger charge is -1.93. The summed E-state index contributed by atoms with van der Waals surface area (Å²) in [4.78, 5) is 0. The monoisotopic (exact) mass is 97.1 g/mol. The van der Waals surface area contributed by atoms with Crippen LogP contribution in [0.5, 0.6) is 0 Å². The average molecular weight is 97.1 g/mol. The molecule has 0 atom stereocenters. The van der Waals surface area contributed by atoms with Crippen LogP contribution in [0.3, 0.4) is 0 Å². The molecule has 0 aromatic heterocycles. The minimum atomic E-state index is 0.576. The molecule has 7 heavy (non-hydrogen) atoms. The van der Waals surface area contributed by atoms with Gasteiger partial charge in [0.2, 0.25) is 0 Å². The van der Waals surface area contributed by atoms with Crippen molar-refractivity contribution in [3.05, 3.63) is 24.6 Å². The van der Waals surface area contributed by atoms with Gasteiger partial charge >= 0.3 is 0 Å². The van der Waals surface area contributed by atoms with Crippen LogP contribution in [0, 0.1) is 0 Å². The standard InChI is InChI=1S/C5H7NO/c1-2-4-7-5-6-3-1/h1-4,6H,5H2. The molecule has 1 aliphatic heterocycles. The maximum atomic E-state index is 4.84. The van der Waals surface area contributed by atoms with Gasteiger partial charge in [0.1, 0.15) is 0 Å². The Kier molecular flexibility index (Phi) is 1.39. The minimum absolute atomic E-state index is 0.576. The molecule has 0 saturated heterocycles. The van der Waals surface area contributed by atoms with Crippen LogP contribution in [0.4, 0.5) is 0 Å². The Balaban J connectivity index is 2.39. The highest BCUT2D eigenvalue weighted by molar-refractivity contribution is 4.99. The number of rotatable bonds is 0. The SMILES string of the molecule is C1=CNCOC=C1. The van der Waals surface area contributed by atoms with Crippen molar-refractivity contribution < 1.29 is 4.74 Å². The number of hydrogen-bond donors (Lipinski definition) is 1. The third kappa shape index (κ3) is 1.30. The van der Waals surface area contributed by atoms with E-state index >= 15 is 0 Å². The Labute approximate surface area is 42.5 Å². The van der Waals surface area contributed by atoms with Gasteiger partial charge in [0.25, 0.3) is 0 Å². The number of hydrogen-bond acceptors (Lipinski definition) is 2. The summed E-state index contributed by atoms with van der Waals surface area (Å²) in [6.45, 7) is 0.576. The molecule has 0 saturated carbocycles. The first-order valence-electron chi connectivity index (χ1n) is 2.17. The molecular weight excluding hydrogens is 90.1 g/mol. The lowest BCUT2D eigenvalue weighted by molar-refractivity contribution is 0.239. The normalized spacial score (nSPS) is 17.1. The summed E-state index contributed by atoms with van der Waals surface area (Å²) in [7, 11) is 0. The van der Waals surface area contributed by atoms with Crippen LogP contribution >= 0.6 is 0 Å². The van der Waals surface area contributed by atoms with Crippen molar-refractivity contribution in [2.45, 2.75) is 0 Å². The van der Waals surface area contributed by atoms with Crippen LogP contribution in [-0.4, -0.2) is 6.73 Å². The molecule has 2 heteroatoms. The maximum absolute atomic E-state index is 4.84. The van der Waals surface area contributed by atoms with E-state index in [1.54, 1.807) is 6.26 Å². The highest BCUT2D eigenvalue weighted by Crippen LogP contribution is 1.81. The van der Waals surface area contributed by atoms with Crippen LogP contribution in [0.2, 0.25) is 0 Å². The molecule has 0 fully saturated rings. The van der Waals surface area contributed by atoms with Gasteiger partial charge in [-0.25, -0.2) is 0 Å². The Bertz CT molecular complexity index is 84.3. The van der Waals surface area contributed by atoms with Gasteiger partial charge in [-0.1, -0.05) is 0 Å². The fraction of sp³-hybridized carbons (Fsp3) is 0.200. The summed E-state index contributed by atoms with van der Waals surface area (Å²) in [5.41, 5.74) is 0. The van der Waals surface area contributed by atoms with E-state index in [2.05, 4.69) is 5.32 Å². The molecule has 1 heterocycles. The van der Waals surface area contributed by atoms with Gasteiger partial charge in [-0.05, 0) is 18.4 Å². The Morgan fingerprint density at radius 3 is 3.43 bits per heavy atom. The van der Waals surface area contributed by atoms with Gasteiger partial charge in [-0.2, -0.15) is 0 Å². The van der Waals surface area contributed by atoms with E-state index < -0.39 is 0 Å². The second-order valence-corrected chi connectivity index (χ2v) is 1.20. The second-order valence-electron chi connectivity index (χ2n) is 1.20. The highest BCUT2D eigenvalue weighted by atomic mass is 16.5. The van der Waals surface area contributed by atoms with Crippen LogP contribution in [-0.2, 0) is 4.74 Å². The smallest absolute Gasteiger partial charge is 0.157 e. The molecule has 0 aromatic carbocycles. The topological polar surface area (TPSA) is 21.3 Å². The third-order valence-corrected chi connectivity index (χ3v) is 0.667. The van der Waals surface area contributed by atoms with Crippen LogP contribution in [0.1, 0.15) is 0 Å². The molecule has 0 aromatic rings. The second kappa shape index (κ2) is 2.29. The lowest BCUT2D eigenvalue weighted by Crippen LogP contribution is -2.05. The van der Waals surface area contributed by atoms with Crippen molar-refractivity contribution in [2.24, 2.45) is 0 Å². The van der Waals surface area contributed by atoms with E-state index in [0.29, 0.717) is 6.73 Å². The van der Waals surface area contributed by atoms with Gasteiger partial charge in [0.15, 0.2) is 6.73 Å². The van der Waals surface area contributed by atoms with Crippen molar-refractivity contribution in [3.63, 3.8) is 0 Å². The summed E-state index contributed by atoms with van der Waals surface area (Å²) in [5.74, 6) is 0. The molecular formula is C5H7NO. The lowest BCUT2D eigenvalue weighted by atomic mass is 10.6. The quantitative estimate of drug-likeness (QED) is 0.477. The van der Waals surface area contributed by atoms with Crippen molar-refractivity contribution in [1.82, 2.24) is 5.32 Å². The van der Waals surface area contributed by atoms with Gasteiger partial charge in [-0.3, -0.25) is 0 Å². The summed E-state index contributed by atoms with van der Waals surface area (Å²) in [6.07, 6.45) is 7.20. The predicted molar refractivity (Wildman–Crippen MR) is 27.4 cm³/mol. The van der Waals surface area contributed by atoms with Crippen LogP contribution in [0.15, 0.2) is 24.6 Å². The van der Waals surface area contributed by atoms with Gasteiger partial charge in [0.05, 0.1) is 6.26 Å². The van der Waals surface area contributed by atoms with Crippen molar-refractivity contribution in [2.75, 3.05) is 6.73 Å². The summed E-state index contributed by atoms with van der Waals surface area (Å²) in [6, 6.07) is 0. The van der Waals surface area contributed by atoms with Gasteiger partial charge in [0, 0.05) is 0 Å². The zero-order valence-corrected chi connectivity index (χ0v) is 3.92. The minimum Gasteiger partial charge on any atom is -0.481 e. The molecule has 0 spiro atoms. The van der Waals surface area contributed by atoms with Crippen molar-refractivity contribution >= 4 is 0 Å². The predicted octanol–water partition coefficient (Wildman–Crippen LogP) is 0.591. The van der Waals surface area contributed by atoms with E-state index in [0.717, 1.165) is 0 Å². The number of ether oxygens (including phenoxy) is 1. The van der Waals surface area contributed by atoms with E-state index in [1.165, 1.54) is 0 Å². The van der Waals surface area contributed by atoms with E-state index in [9.17, 15) is 0 Å². The summed E-state index contributed by atoms with van der Waals surface area (Å²) in [5, 5.41) is 2.88. The fourth-order valence-electron chi connectivity index (χ4n) is 0.369. The Hall–Kier alpha value is -0.920. The molecule has 1 N–H and O–H groups in total. The fourth-order valence-corrected chi connectivity index (χ4v) is 0.369. The first-order valence-corrected chi connectivity index (χ1v) is 2.17. The molecule has 38 valence electrons. The molecule has 1 rings (SSSR count). The Morgan fingerprint density at radius 2 is 2.43 bits per heavy atom. The summed E-state index contributed by atoms with van der Waals surface area (Å²) >= 11 is 0. The zero-order chi connectivity index (χ0) is 4.95. The molecule has 0 unspecified atom stereocenters. The van der Waals surface area contributed by atoms with E-state index in [1.807, 2.05) is 18.4 Å². The molecule has 2 nitrogen and oxygen atoms in total. The highest BCUT2D eigenvalue weighted by Gasteiger charge is 1.76. The molecule has 0 amide bonds. The molecule has 1 aliphatic rings. The first kappa shape index (κ1) is 4.24. The van der Waals surface area contributed by atoms with E-state index in [4.69, 9.17) is 4.74 Å². The molecule has 0 bridgehead atoms. The van der Waals surface area contributed by atoms with Crippen LogP contribution < -0.4 is 5.32 Å². The maximum Gasteiger partial charge on any atom is 0.157 e.